The smallest absolute Gasteiger partial charge is 0.323 e. The molecule has 17 heavy (non-hydrogen) atoms. The Kier molecular flexibility index (Phi) is 4.45. The van der Waals surface area contributed by atoms with Crippen LogP contribution in [0.1, 0.15) is 6.42 Å². The number of nitrogens with zero attached hydrogens (tertiary/aromatic N) is 1. The van der Waals surface area contributed by atoms with Gasteiger partial charge in [-0.3, -0.25) is 9.59 Å². The van der Waals surface area contributed by atoms with Crippen LogP contribution in [-0.2, 0) is 9.59 Å². The molecule has 0 saturated heterocycles. The lowest BCUT2D eigenvalue weighted by molar-refractivity contribution is -0.138. The average Bonchev–Trinajstić information content (AvgIpc) is 2.24. The van der Waals surface area contributed by atoms with Crippen LogP contribution >= 0.6 is 0 Å². The summed E-state index contributed by atoms with van der Waals surface area (Å²) in [5, 5.41) is 17.2. The van der Waals surface area contributed by atoms with Crippen molar-refractivity contribution in [3.05, 3.63) is 30.1 Å². The third kappa shape index (κ3) is 4.10. The van der Waals surface area contributed by atoms with Gasteiger partial charge in [0.2, 0.25) is 0 Å². The van der Waals surface area contributed by atoms with Crippen LogP contribution in [0.25, 0.3) is 0 Å². The Morgan fingerprint density at radius 2 is 1.82 bits per heavy atom. The van der Waals surface area contributed by atoms with E-state index in [0.717, 1.165) is 0 Å². The van der Waals surface area contributed by atoms with E-state index in [1.807, 2.05) is 0 Å². The van der Waals surface area contributed by atoms with Crippen molar-refractivity contribution < 1.29 is 24.2 Å². The molecular formula is C11H12FNO4. The molecular weight excluding hydrogens is 229 g/mol. The summed E-state index contributed by atoms with van der Waals surface area (Å²) in [6.07, 6.45) is -0.248. The monoisotopic (exact) mass is 241 g/mol. The minimum absolute atomic E-state index is 0.0530. The highest BCUT2D eigenvalue weighted by Crippen LogP contribution is 2.18. The molecule has 5 nitrogen and oxygen atoms in total. The van der Waals surface area contributed by atoms with Crippen LogP contribution in [0.15, 0.2) is 24.3 Å². The highest BCUT2D eigenvalue weighted by Gasteiger charge is 2.15. The Morgan fingerprint density at radius 1 is 1.18 bits per heavy atom. The molecule has 0 aliphatic carbocycles. The van der Waals surface area contributed by atoms with E-state index in [0.29, 0.717) is 0 Å². The van der Waals surface area contributed by atoms with Crippen LogP contribution in [-0.4, -0.2) is 35.2 Å². The first-order valence-corrected chi connectivity index (χ1v) is 4.93. The maximum absolute atomic E-state index is 13.4. The van der Waals surface area contributed by atoms with Crippen molar-refractivity contribution in [1.29, 1.82) is 0 Å². The van der Waals surface area contributed by atoms with Crippen LogP contribution in [0.4, 0.5) is 10.1 Å². The summed E-state index contributed by atoms with van der Waals surface area (Å²) in [6, 6.07) is 5.66. The lowest BCUT2D eigenvalue weighted by Gasteiger charge is -2.22. The Labute approximate surface area is 97.1 Å². The number of rotatable bonds is 6. The molecule has 0 fully saturated rings. The van der Waals surface area contributed by atoms with Gasteiger partial charge in [0.05, 0.1) is 12.1 Å². The number of benzene rings is 1. The maximum atomic E-state index is 13.4. The van der Waals surface area contributed by atoms with Gasteiger partial charge in [0, 0.05) is 6.54 Å². The van der Waals surface area contributed by atoms with Crippen molar-refractivity contribution in [2.45, 2.75) is 6.42 Å². The predicted molar refractivity (Wildman–Crippen MR) is 58.5 cm³/mol. The van der Waals surface area contributed by atoms with Crippen LogP contribution in [0.3, 0.4) is 0 Å². The predicted octanol–water partition coefficient (Wildman–Crippen LogP) is 1.19. The molecule has 0 aromatic heterocycles. The zero-order valence-corrected chi connectivity index (χ0v) is 8.97. The third-order valence-corrected chi connectivity index (χ3v) is 2.11. The highest BCUT2D eigenvalue weighted by atomic mass is 19.1. The standard InChI is InChI=1S/C11H12FNO4/c12-8-3-1-2-4-9(8)13(7-11(16)17)6-5-10(14)15/h1-4H,5-7H2,(H,14,15)(H,16,17). The first-order valence-electron chi connectivity index (χ1n) is 4.93. The fraction of sp³-hybridized carbons (Fsp3) is 0.273. The number of hydrogen-bond acceptors (Lipinski definition) is 3. The molecule has 0 radical (unpaired) electrons. The van der Waals surface area contributed by atoms with E-state index in [-0.39, 0.29) is 18.7 Å². The molecule has 0 atom stereocenters. The summed E-state index contributed by atoms with van der Waals surface area (Å²) in [6.45, 7) is -0.489. The Bertz CT molecular complexity index is 422. The molecule has 2 N–H and O–H groups in total. The largest absolute Gasteiger partial charge is 0.481 e. The van der Waals surface area contributed by atoms with E-state index >= 15 is 0 Å². The summed E-state index contributed by atoms with van der Waals surface area (Å²) in [5.74, 6) is -2.77. The molecule has 1 rings (SSSR count). The normalized spacial score (nSPS) is 9.94. The van der Waals surface area contributed by atoms with Crippen molar-refractivity contribution >= 4 is 17.6 Å². The number of carboxylic acids is 2. The number of carbonyl (C=O) groups is 2. The molecule has 0 unspecified atom stereocenters. The molecule has 0 amide bonds. The molecule has 0 heterocycles. The molecule has 92 valence electrons. The molecule has 0 spiro atoms. The van der Waals surface area contributed by atoms with E-state index in [1.165, 1.54) is 23.1 Å². The lowest BCUT2D eigenvalue weighted by Crippen LogP contribution is -2.32. The van der Waals surface area contributed by atoms with Crippen LogP contribution < -0.4 is 4.90 Å². The third-order valence-electron chi connectivity index (χ3n) is 2.11. The van der Waals surface area contributed by atoms with Gasteiger partial charge in [-0.2, -0.15) is 0 Å². The van der Waals surface area contributed by atoms with E-state index in [2.05, 4.69) is 0 Å². The summed E-state index contributed by atoms with van der Waals surface area (Å²) < 4.78 is 13.4. The minimum Gasteiger partial charge on any atom is -0.481 e. The van der Waals surface area contributed by atoms with Crippen molar-refractivity contribution in [2.24, 2.45) is 0 Å². The molecule has 0 aliphatic heterocycles. The fourth-order valence-corrected chi connectivity index (χ4v) is 1.39. The van der Waals surface area contributed by atoms with Gasteiger partial charge < -0.3 is 15.1 Å². The summed E-state index contributed by atoms with van der Waals surface area (Å²) in [4.78, 5) is 22.3. The summed E-state index contributed by atoms with van der Waals surface area (Å²) in [5.41, 5.74) is 0.0937. The highest BCUT2D eigenvalue weighted by molar-refractivity contribution is 5.74. The molecule has 0 saturated carbocycles. The number of hydrogen-bond donors (Lipinski definition) is 2. The number of para-hydroxylation sites is 1. The fourth-order valence-electron chi connectivity index (χ4n) is 1.39. The van der Waals surface area contributed by atoms with Crippen molar-refractivity contribution in [3.63, 3.8) is 0 Å². The van der Waals surface area contributed by atoms with Crippen molar-refractivity contribution in [3.8, 4) is 0 Å². The van der Waals surface area contributed by atoms with Gasteiger partial charge >= 0.3 is 11.9 Å². The topological polar surface area (TPSA) is 77.8 Å². The van der Waals surface area contributed by atoms with Gasteiger partial charge in [-0.05, 0) is 12.1 Å². The van der Waals surface area contributed by atoms with Gasteiger partial charge in [-0.1, -0.05) is 12.1 Å². The quantitative estimate of drug-likeness (QED) is 0.782. The SMILES string of the molecule is O=C(O)CCN(CC(=O)O)c1ccccc1F. The Morgan fingerprint density at radius 3 is 2.35 bits per heavy atom. The van der Waals surface area contributed by atoms with Gasteiger partial charge in [0.25, 0.3) is 0 Å². The second-order valence-electron chi connectivity index (χ2n) is 3.41. The van der Waals surface area contributed by atoms with Crippen LogP contribution in [0.5, 0.6) is 0 Å². The van der Waals surface area contributed by atoms with E-state index in [1.54, 1.807) is 6.07 Å². The van der Waals surface area contributed by atoms with Gasteiger partial charge in [-0.15, -0.1) is 0 Å². The second kappa shape index (κ2) is 5.83. The maximum Gasteiger partial charge on any atom is 0.323 e. The Balaban J connectivity index is 2.85. The first-order chi connectivity index (χ1) is 8.00. The average molecular weight is 241 g/mol. The van der Waals surface area contributed by atoms with Crippen molar-refractivity contribution in [1.82, 2.24) is 0 Å². The first kappa shape index (κ1) is 13.0. The number of aliphatic carboxylic acids is 2. The van der Waals surface area contributed by atoms with Gasteiger partial charge in [0.15, 0.2) is 0 Å². The van der Waals surface area contributed by atoms with Crippen LogP contribution in [0.2, 0.25) is 0 Å². The summed E-state index contributed by atoms with van der Waals surface area (Å²) in [7, 11) is 0. The molecule has 0 aliphatic rings. The summed E-state index contributed by atoms with van der Waals surface area (Å²) >= 11 is 0. The van der Waals surface area contributed by atoms with Gasteiger partial charge in [0.1, 0.15) is 12.4 Å². The van der Waals surface area contributed by atoms with E-state index in [4.69, 9.17) is 10.2 Å². The number of anilines is 1. The molecule has 1 aromatic rings. The molecule has 0 bridgehead atoms. The van der Waals surface area contributed by atoms with Crippen molar-refractivity contribution in [2.75, 3.05) is 18.0 Å². The lowest BCUT2D eigenvalue weighted by atomic mass is 10.2. The van der Waals surface area contributed by atoms with E-state index < -0.39 is 24.3 Å². The van der Waals surface area contributed by atoms with Crippen LogP contribution in [0, 0.1) is 5.82 Å². The second-order valence-corrected chi connectivity index (χ2v) is 3.41. The molecule has 1 aromatic carbocycles. The Hall–Kier alpha value is -2.11. The zero-order valence-electron chi connectivity index (χ0n) is 8.97. The number of carboxylic acid groups (broad SMARTS) is 2. The van der Waals surface area contributed by atoms with Gasteiger partial charge in [-0.25, -0.2) is 4.39 Å². The molecule has 6 heteroatoms. The zero-order chi connectivity index (χ0) is 12.8. The minimum atomic E-state index is -1.14. The number of halogens is 1. The van der Waals surface area contributed by atoms with E-state index in [9.17, 15) is 14.0 Å².